The molecule has 1 atom stereocenters. The van der Waals surface area contributed by atoms with Gasteiger partial charge in [-0.05, 0) is 35.9 Å². The molecule has 3 aromatic rings. The molecule has 1 aliphatic rings. The molecule has 0 bridgehead atoms. The number of aromatic nitrogens is 1. The van der Waals surface area contributed by atoms with Crippen molar-refractivity contribution in [2.75, 3.05) is 31.1 Å². The van der Waals surface area contributed by atoms with Gasteiger partial charge in [0.2, 0.25) is 5.91 Å². The number of anilines is 1. The highest BCUT2D eigenvalue weighted by Gasteiger charge is 2.29. The standard InChI is InChI=1S/C21H21BrN4O/c22-17-8-5-16(6-9-17)20(21(23)27)26-13-11-25(12-14-26)19-10-7-15-3-1-2-4-18(15)24-19/h1-10,20H,11-14H2,(H2,23,27)/t20-/m1/s1. The zero-order valence-electron chi connectivity index (χ0n) is 14.9. The Morgan fingerprint density at radius 1 is 0.963 bits per heavy atom. The molecule has 2 heterocycles. The van der Waals surface area contributed by atoms with Gasteiger partial charge in [-0.1, -0.05) is 46.3 Å². The number of pyridine rings is 1. The fourth-order valence-electron chi connectivity index (χ4n) is 3.64. The number of nitrogens with zero attached hydrogens (tertiary/aromatic N) is 3. The predicted octanol–water partition coefficient (Wildman–Crippen LogP) is 3.35. The molecule has 0 radical (unpaired) electrons. The quantitative estimate of drug-likeness (QED) is 0.697. The molecule has 1 amide bonds. The maximum absolute atomic E-state index is 12.1. The maximum atomic E-state index is 12.1. The first kappa shape index (κ1) is 17.9. The van der Waals surface area contributed by atoms with Crippen LogP contribution in [0.2, 0.25) is 0 Å². The summed E-state index contributed by atoms with van der Waals surface area (Å²) in [7, 11) is 0. The Labute approximate surface area is 166 Å². The number of benzene rings is 2. The largest absolute Gasteiger partial charge is 0.368 e. The van der Waals surface area contributed by atoms with Crippen LogP contribution in [0.5, 0.6) is 0 Å². The summed E-state index contributed by atoms with van der Waals surface area (Å²) >= 11 is 3.44. The Morgan fingerprint density at radius 2 is 1.67 bits per heavy atom. The SMILES string of the molecule is NC(=O)[C@@H](c1ccc(Br)cc1)N1CCN(c2ccc3ccccc3n2)CC1. The van der Waals surface area contributed by atoms with Gasteiger partial charge in [0.05, 0.1) is 5.52 Å². The van der Waals surface area contributed by atoms with Crippen molar-refractivity contribution >= 4 is 38.6 Å². The van der Waals surface area contributed by atoms with E-state index in [1.54, 1.807) is 0 Å². The van der Waals surface area contributed by atoms with Crippen molar-refractivity contribution in [3.63, 3.8) is 0 Å². The fraction of sp³-hybridized carbons (Fsp3) is 0.238. The monoisotopic (exact) mass is 424 g/mol. The van der Waals surface area contributed by atoms with Gasteiger partial charge in [0, 0.05) is 36.0 Å². The highest BCUT2D eigenvalue weighted by molar-refractivity contribution is 9.10. The average molecular weight is 425 g/mol. The van der Waals surface area contributed by atoms with Crippen LogP contribution < -0.4 is 10.6 Å². The van der Waals surface area contributed by atoms with E-state index in [4.69, 9.17) is 10.7 Å². The van der Waals surface area contributed by atoms with E-state index in [9.17, 15) is 4.79 Å². The summed E-state index contributed by atoms with van der Waals surface area (Å²) in [5.74, 6) is 0.669. The lowest BCUT2D eigenvalue weighted by atomic mass is 10.0. The number of carbonyl (C=O) groups excluding carboxylic acids is 1. The van der Waals surface area contributed by atoms with E-state index in [0.717, 1.165) is 52.9 Å². The Kier molecular flexibility index (Phi) is 5.09. The van der Waals surface area contributed by atoms with Crippen LogP contribution in [0.3, 0.4) is 0 Å². The molecular weight excluding hydrogens is 404 g/mol. The number of carbonyl (C=O) groups is 1. The highest BCUT2D eigenvalue weighted by atomic mass is 79.9. The smallest absolute Gasteiger partial charge is 0.239 e. The third-order valence-corrected chi connectivity index (χ3v) is 5.57. The number of primary amides is 1. The lowest BCUT2D eigenvalue weighted by Gasteiger charge is -2.38. The first-order valence-electron chi connectivity index (χ1n) is 9.01. The molecule has 0 unspecified atom stereocenters. The van der Waals surface area contributed by atoms with Crippen molar-refractivity contribution in [2.24, 2.45) is 5.73 Å². The van der Waals surface area contributed by atoms with Crippen LogP contribution in [0.4, 0.5) is 5.82 Å². The molecule has 0 saturated carbocycles. The number of hydrogen-bond acceptors (Lipinski definition) is 4. The van der Waals surface area contributed by atoms with E-state index in [0.29, 0.717) is 0 Å². The molecule has 1 aromatic heterocycles. The number of halogens is 1. The van der Waals surface area contributed by atoms with Crippen LogP contribution in [-0.2, 0) is 4.79 Å². The van der Waals surface area contributed by atoms with Gasteiger partial charge in [-0.25, -0.2) is 4.98 Å². The van der Waals surface area contributed by atoms with Gasteiger partial charge >= 0.3 is 0 Å². The molecule has 4 rings (SSSR count). The summed E-state index contributed by atoms with van der Waals surface area (Å²) in [5.41, 5.74) is 7.66. The van der Waals surface area contributed by atoms with Crippen molar-refractivity contribution in [3.05, 3.63) is 70.7 Å². The molecule has 1 fully saturated rings. The summed E-state index contributed by atoms with van der Waals surface area (Å²) in [6, 6.07) is 19.7. The third kappa shape index (κ3) is 3.82. The van der Waals surface area contributed by atoms with E-state index < -0.39 is 6.04 Å². The molecule has 6 heteroatoms. The van der Waals surface area contributed by atoms with Crippen LogP contribution >= 0.6 is 15.9 Å². The van der Waals surface area contributed by atoms with Gasteiger partial charge < -0.3 is 10.6 Å². The minimum atomic E-state index is -0.398. The maximum Gasteiger partial charge on any atom is 0.239 e. The van der Waals surface area contributed by atoms with Crippen LogP contribution in [0.25, 0.3) is 10.9 Å². The zero-order valence-corrected chi connectivity index (χ0v) is 16.5. The van der Waals surface area contributed by atoms with Crippen LogP contribution in [0.15, 0.2) is 65.1 Å². The minimum absolute atomic E-state index is 0.311. The number of rotatable bonds is 4. The average Bonchev–Trinajstić information content (AvgIpc) is 2.69. The molecule has 1 saturated heterocycles. The van der Waals surface area contributed by atoms with Gasteiger partial charge in [0.25, 0.3) is 0 Å². The molecule has 27 heavy (non-hydrogen) atoms. The summed E-state index contributed by atoms with van der Waals surface area (Å²) in [4.78, 5) is 21.3. The number of hydrogen-bond donors (Lipinski definition) is 1. The Hall–Kier alpha value is -2.44. The Balaban J connectivity index is 1.49. The number of piperazine rings is 1. The summed E-state index contributed by atoms with van der Waals surface area (Å²) in [6.07, 6.45) is 0. The van der Waals surface area contributed by atoms with Crippen molar-refractivity contribution in [3.8, 4) is 0 Å². The van der Waals surface area contributed by atoms with E-state index in [-0.39, 0.29) is 5.91 Å². The molecule has 138 valence electrons. The molecular formula is C21H21BrN4O. The second-order valence-electron chi connectivity index (χ2n) is 6.74. The summed E-state index contributed by atoms with van der Waals surface area (Å²) in [6.45, 7) is 3.15. The minimum Gasteiger partial charge on any atom is -0.368 e. The van der Waals surface area contributed by atoms with Gasteiger partial charge in [-0.3, -0.25) is 9.69 Å². The van der Waals surface area contributed by atoms with Gasteiger partial charge in [0.1, 0.15) is 11.9 Å². The fourth-order valence-corrected chi connectivity index (χ4v) is 3.91. The highest BCUT2D eigenvalue weighted by Crippen LogP contribution is 2.25. The Morgan fingerprint density at radius 3 is 2.37 bits per heavy atom. The number of amides is 1. The first-order valence-corrected chi connectivity index (χ1v) is 9.81. The Bertz CT molecular complexity index is 952. The second kappa shape index (κ2) is 7.66. The van der Waals surface area contributed by atoms with E-state index >= 15 is 0 Å². The number of nitrogens with two attached hydrogens (primary N) is 1. The lowest BCUT2D eigenvalue weighted by Crippen LogP contribution is -2.50. The van der Waals surface area contributed by atoms with E-state index in [1.807, 2.05) is 42.5 Å². The van der Waals surface area contributed by atoms with Crippen LogP contribution in [0.1, 0.15) is 11.6 Å². The third-order valence-electron chi connectivity index (χ3n) is 5.04. The number of fused-ring (bicyclic) bond motifs is 1. The molecule has 0 aliphatic carbocycles. The topological polar surface area (TPSA) is 62.5 Å². The molecule has 2 aromatic carbocycles. The van der Waals surface area contributed by atoms with Gasteiger partial charge in [-0.15, -0.1) is 0 Å². The summed E-state index contributed by atoms with van der Waals surface area (Å²) < 4.78 is 0.988. The second-order valence-corrected chi connectivity index (χ2v) is 7.66. The van der Waals surface area contributed by atoms with Gasteiger partial charge in [0.15, 0.2) is 0 Å². The van der Waals surface area contributed by atoms with Crippen molar-refractivity contribution in [1.29, 1.82) is 0 Å². The normalized spacial score (nSPS) is 16.4. The molecule has 1 aliphatic heterocycles. The number of para-hydroxylation sites is 1. The lowest BCUT2D eigenvalue weighted by molar-refractivity contribution is -0.123. The molecule has 2 N–H and O–H groups in total. The first-order chi connectivity index (χ1) is 13.1. The van der Waals surface area contributed by atoms with E-state index in [2.05, 4.69) is 43.9 Å². The van der Waals surface area contributed by atoms with Crippen molar-refractivity contribution in [1.82, 2.24) is 9.88 Å². The van der Waals surface area contributed by atoms with Crippen molar-refractivity contribution < 1.29 is 4.79 Å². The van der Waals surface area contributed by atoms with Gasteiger partial charge in [-0.2, -0.15) is 0 Å². The van der Waals surface area contributed by atoms with Crippen LogP contribution in [0, 0.1) is 0 Å². The molecule has 5 nitrogen and oxygen atoms in total. The van der Waals surface area contributed by atoms with E-state index in [1.165, 1.54) is 0 Å². The summed E-state index contributed by atoms with van der Waals surface area (Å²) in [5, 5.41) is 1.14. The molecule has 0 spiro atoms. The van der Waals surface area contributed by atoms with Crippen molar-refractivity contribution in [2.45, 2.75) is 6.04 Å². The zero-order chi connectivity index (χ0) is 18.8. The van der Waals surface area contributed by atoms with Crippen LogP contribution in [-0.4, -0.2) is 42.0 Å². The predicted molar refractivity (Wildman–Crippen MR) is 112 cm³/mol.